The standard InChI is InChI=1S/C11H17BrS/c1-11(2,3)10(12)5-4-9-6-7-13-8-9/h6-8,10H,4-5H2,1-3H3. The first-order valence-corrected chi connectivity index (χ1v) is 6.51. The molecular weight excluding hydrogens is 244 g/mol. The molecule has 2 heteroatoms. The van der Waals surface area contributed by atoms with E-state index in [2.05, 4.69) is 53.5 Å². The van der Waals surface area contributed by atoms with E-state index in [1.165, 1.54) is 18.4 Å². The molecule has 0 aliphatic rings. The Bertz CT molecular complexity index is 233. The maximum atomic E-state index is 3.75. The first kappa shape index (κ1) is 11.3. The second-order valence-electron chi connectivity index (χ2n) is 4.50. The highest BCUT2D eigenvalue weighted by atomic mass is 79.9. The second kappa shape index (κ2) is 4.61. The number of thiophene rings is 1. The van der Waals surface area contributed by atoms with Crippen LogP contribution >= 0.6 is 27.3 Å². The third-order valence-electron chi connectivity index (χ3n) is 2.21. The van der Waals surface area contributed by atoms with Crippen LogP contribution in [0.25, 0.3) is 0 Å². The molecule has 0 spiro atoms. The smallest absolute Gasteiger partial charge is 0.0197 e. The first-order valence-electron chi connectivity index (χ1n) is 4.65. The van der Waals surface area contributed by atoms with Gasteiger partial charge in [-0.25, -0.2) is 0 Å². The van der Waals surface area contributed by atoms with Gasteiger partial charge in [-0.05, 0) is 40.6 Å². The molecular formula is C11H17BrS. The Labute approximate surface area is 93.5 Å². The Kier molecular flexibility index (Phi) is 3.99. The minimum Gasteiger partial charge on any atom is -0.152 e. The fourth-order valence-corrected chi connectivity index (χ4v) is 2.09. The van der Waals surface area contributed by atoms with Crippen LogP contribution in [0.4, 0.5) is 0 Å². The van der Waals surface area contributed by atoms with E-state index in [0.29, 0.717) is 10.2 Å². The Hall–Kier alpha value is 0.180. The average molecular weight is 261 g/mol. The van der Waals surface area contributed by atoms with Crippen molar-refractivity contribution in [2.24, 2.45) is 5.41 Å². The van der Waals surface area contributed by atoms with Gasteiger partial charge in [0.15, 0.2) is 0 Å². The minimum absolute atomic E-state index is 0.371. The van der Waals surface area contributed by atoms with Gasteiger partial charge in [0.05, 0.1) is 0 Å². The number of halogens is 1. The minimum atomic E-state index is 0.371. The van der Waals surface area contributed by atoms with Crippen LogP contribution in [-0.4, -0.2) is 4.83 Å². The summed E-state index contributed by atoms with van der Waals surface area (Å²) < 4.78 is 0. The first-order chi connectivity index (χ1) is 6.00. The number of hydrogen-bond acceptors (Lipinski definition) is 1. The normalized spacial score (nSPS) is 14.5. The van der Waals surface area contributed by atoms with Crippen molar-refractivity contribution in [3.05, 3.63) is 22.4 Å². The zero-order valence-electron chi connectivity index (χ0n) is 8.51. The van der Waals surface area contributed by atoms with Gasteiger partial charge in [0.1, 0.15) is 0 Å². The van der Waals surface area contributed by atoms with E-state index in [9.17, 15) is 0 Å². The summed E-state index contributed by atoms with van der Waals surface area (Å²) >= 11 is 5.53. The van der Waals surface area contributed by atoms with E-state index in [1.807, 2.05) is 0 Å². The van der Waals surface area contributed by atoms with E-state index in [1.54, 1.807) is 11.3 Å². The van der Waals surface area contributed by atoms with Crippen molar-refractivity contribution < 1.29 is 0 Å². The van der Waals surface area contributed by atoms with Crippen molar-refractivity contribution >= 4 is 27.3 Å². The molecule has 0 aliphatic carbocycles. The molecule has 1 unspecified atom stereocenters. The lowest BCUT2D eigenvalue weighted by Gasteiger charge is -2.25. The van der Waals surface area contributed by atoms with Crippen LogP contribution in [0.5, 0.6) is 0 Å². The van der Waals surface area contributed by atoms with E-state index in [-0.39, 0.29) is 0 Å². The number of alkyl halides is 1. The highest BCUT2D eigenvalue weighted by molar-refractivity contribution is 9.09. The lowest BCUT2D eigenvalue weighted by atomic mass is 9.89. The zero-order chi connectivity index (χ0) is 9.90. The summed E-state index contributed by atoms with van der Waals surface area (Å²) in [6.07, 6.45) is 2.41. The lowest BCUT2D eigenvalue weighted by Crippen LogP contribution is -2.20. The third-order valence-corrected chi connectivity index (χ3v) is 4.77. The van der Waals surface area contributed by atoms with Gasteiger partial charge in [-0.1, -0.05) is 36.7 Å². The van der Waals surface area contributed by atoms with Crippen LogP contribution in [0, 0.1) is 5.41 Å². The summed E-state index contributed by atoms with van der Waals surface area (Å²) in [6.45, 7) is 6.83. The molecule has 13 heavy (non-hydrogen) atoms. The Morgan fingerprint density at radius 3 is 2.62 bits per heavy atom. The van der Waals surface area contributed by atoms with Crippen molar-refractivity contribution in [2.75, 3.05) is 0 Å². The maximum absolute atomic E-state index is 3.75. The average Bonchev–Trinajstić information content (AvgIpc) is 2.50. The molecule has 0 aromatic carbocycles. The van der Waals surface area contributed by atoms with Gasteiger partial charge < -0.3 is 0 Å². The van der Waals surface area contributed by atoms with Gasteiger partial charge in [0.2, 0.25) is 0 Å². The molecule has 1 aromatic heterocycles. The van der Waals surface area contributed by atoms with Crippen molar-refractivity contribution in [3.8, 4) is 0 Å². The van der Waals surface area contributed by atoms with Crippen LogP contribution < -0.4 is 0 Å². The molecule has 0 amide bonds. The molecule has 1 rings (SSSR count). The van der Waals surface area contributed by atoms with Gasteiger partial charge in [0.25, 0.3) is 0 Å². The fourth-order valence-electron chi connectivity index (χ4n) is 1.16. The quantitative estimate of drug-likeness (QED) is 0.703. The number of hydrogen-bond donors (Lipinski definition) is 0. The summed E-state index contributed by atoms with van der Waals surface area (Å²) in [5.41, 5.74) is 1.84. The van der Waals surface area contributed by atoms with Crippen LogP contribution in [0.2, 0.25) is 0 Å². The summed E-state index contributed by atoms with van der Waals surface area (Å²) in [5.74, 6) is 0. The summed E-state index contributed by atoms with van der Waals surface area (Å²) in [7, 11) is 0. The van der Waals surface area contributed by atoms with E-state index < -0.39 is 0 Å². The molecule has 0 radical (unpaired) electrons. The fraction of sp³-hybridized carbons (Fsp3) is 0.636. The number of aryl methyl sites for hydroxylation is 1. The van der Waals surface area contributed by atoms with Gasteiger partial charge in [-0.15, -0.1) is 0 Å². The maximum Gasteiger partial charge on any atom is 0.0197 e. The highest BCUT2D eigenvalue weighted by Gasteiger charge is 2.21. The van der Waals surface area contributed by atoms with E-state index in [0.717, 1.165) is 0 Å². The predicted molar refractivity (Wildman–Crippen MR) is 64.8 cm³/mol. The predicted octanol–water partition coefficient (Wildman–Crippen LogP) is 4.49. The monoisotopic (exact) mass is 260 g/mol. The van der Waals surface area contributed by atoms with Crippen LogP contribution in [0.1, 0.15) is 32.8 Å². The van der Waals surface area contributed by atoms with Gasteiger partial charge >= 0.3 is 0 Å². The third kappa shape index (κ3) is 3.82. The number of rotatable bonds is 3. The lowest BCUT2D eigenvalue weighted by molar-refractivity contribution is 0.386. The molecule has 0 aliphatic heterocycles. The Morgan fingerprint density at radius 1 is 1.46 bits per heavy atom. The molecule has 0 saturated carbocycles. The zero-order valence-corrected chi connectivity index (χ0v) is 10.9. The van der Waals surface area contributed by atoms with E-state index in [4.69, 9.17) is 0 Å². The Morgan fingerprint density at radius 2 is 2.15 bits per heavy atom. The SMILES string of the molecule is CC(C)(C)C(Br)CCc1ccsc1. The van der Waals surface area contributed by atoms with Crippen molar-refractivity contribution in [1.29, 1.82) is 0 Å². The van der Waals surface area contributed by atoms with Crippen molar-refractivity contribution in [3.63, 3.8) is 0 Å². The van der Waals surface area contributed by atoms with Crippen molar-refractivity contribution in [1.82, 2.24) is 0 Å². The molecule has 0 fully saturated rings. The topological polar surface area (TPSA) is 0 Å². The molecule has 1 aromatic rings. The van der Waals surface area contributed by atoms with Crippen molar-refractivity contribution in [2.45, 2.75) is 38.4 Å². The van der Waals surface area contributed by atoms with Crippen LogP contribution in [-0.2, 0) is 6.42 Å². The van der Waals surface area contributed by atoms with Crippen LogP contribution in [0.3, 0.4) is 0 Å². The summed E-state index contributed by atoms with van der Waals surface area (Å²) in [6, 6.07) is 2.22. The van der Waals surface area contributed by atoms with Crippen LogP contribution in [0.15, 0.2) is 16.8 Å². The molecule has 1 atom stereocenters. The molecule has 74 valence electrons. The molecule has 0 saturated heterocycles. The van der Waals surface area contributed by atoms with Gasteiger partial charge in [-0.3, -0.25) is 0 Å². The van der Waals surface area contributed by atoms with Gasteiger partial charge in [0, 0.05) is 4.83 Å². The Balaban J connectivity index is 2.35. The summed E-state index contributed by atoms with van der Waals surface area (Å²) in [4.78, 5) is 0.611. The highest BCUT2D eigenvalue weighted by Crippen LogP contribution is 2.29. The summed E-state index contributed by atoms with van der Waals surface area (Å²) in [5, 5.41) is 4.39. The molecule has 1 heterocycles. The largest absolute Gasteiger partial charge is 0.152 e. The molecule has 0 bridgehead atoms. The van der Waals surface area contributed by atoms with Gasteiger partial charge in [-0.2, -0.15) is 11.3 Å². The molecule has 0 nitrogen and oxygen atoms in total. The second-order valence-corrected chi connectivity index (χ2v) is 6.39. The molecule has 0 N–H and O–H groups in total. The van der Waals surface area contributed by atoms with E-state index >= 15 is 0 Å².